The SMILES string of the molecule is COC(=O)/C=C/c1cnc(Cl)nc1NCc1ccc(-n2nc(C(F)(F)F)cc2C)cc1F. The summed E-state index contributed by atoms with van der Waals surface area (Å²) in [5.41, 5.74) is -0.0865. The van der Waals surface area contributed by atoms with Gasteiger partial charge in [0.2, 0.25) is 5.28 Å². The molecular formula is C20H16ClF4N5O2. The van der Waals surface area contributed by atoms with Gasteiger partial charge in [-0.1, -0.05) is 6.07 Å². The van der Waals surface area contributed by atoms with Crippen LogP contribution in [0.3, 0.4) is 0 Å². The molecule has 0 atom stereocenters. The monoisotopic (exact) mass is 469 g/mol. The first-order chi connectivity index (χ1) is 15.1. The number of nitrogens with zero attached hydrogens (tertiary/aromatic N) is 4. The Kier molecular flexibility index (Phi) is 6.78. The van der Waals surface area contributed by atoms with Crippen LogP contribution < -0.4 is 5.32 Å². The molecule has 0 fully saturated rings. The van der Waals surface area contributed by atoms with Crippen LogP contribution in [0.15, 0.2) is 36.5 Å². The predicted molar refractivity (Wildman–Crippen MR) is 109 cm³/mol. The highest BCUT2D eigenvalue weighted by Gasteiger charge is 2.34. The van der Waals surface area contributed by atoms with Crippen molar-refractivity contribution in [2.75, 3.05) is 12.4 Å². The number of nitrogens with one attached hydrogen (secondary N) is 1. The lowest BCUT2D eigenvalue weighted by atomic mass is 10.2. The predicted octanol–water partition coefficient (Wildman–Crippen LogP) is 4.58. The van der Waals surface area contributed by atoms with Crippen molar-refractivity contribution in [2.45, 2.75) is 19.6 Å². The Labute approximate surface area is 184 Å². The van der Waals surface area contributed by atoms with E-state index in [1.54, 1.807) is 0 Å². The number of carbonyl (C=O) groups excluding carboxylic acids is 1. The molecule has 3 rings (SSSR count). The van der Waals surface area contributed by atoms with Crippen LogP contribution in [0.1, 0.15) is 22.5 Å². The molecule has 0 bridgehead atoms. The van der Waals surface area contributed by atoms with Crippen LogP contribution >= 0.6 is 11.6 Å². The second-order valence-electron chi connectivity index (χ2n) is 6.51. The van der Waals surface area contributed by atoms with Crippen LogP contribution in [0.2, 0.25) is 5.28 Å². The molecule has 0 aliphatic rings. The summed E-state index contributed by atoms with van der Waals surface area (Å²) >= 11 is 5.82. The second-order valence-corrected chi connectivity index (χ2v) is 6.85. The van der Waals surface area contributed by atoms with E-state index in [1.165, 1.54) is 38.4 Å². The van der Waals surface area contributed by atoms with Gasteiger partial charge in [-0.05, 0) is 42.8 Å². The van der Waals surface area contributed by atoms with Crippen molar-refractivity contribution in [2.24, 2.45) is 0 Å². The molecule has 0 aliphatic carbocycles. The largest absolute Gasteiger partial charge is 0.466 e. The maximum absolute atomic E-state index is 14.7. The molecule has 0 amide bonds. The van der Waals surface area contributed by atoms with Crippen LogP contribution in [0.4, 0.5) is 23.4 Å². The summed E-state index contributed by atoms with van der Waals surface area (Å²) in [5.74, 6) is -1.01. The molecule has 0 saturated carbocycles. The Bertz CT molecular complexity index is 1180. The van der Waals surface area contributed by atoms with Crippen LogP contribution in [0, 0.1) is 12.7 Å². The van der Waals surface area contributed by atoms with Gasteiger partial charge in [-0.15, -0.1) is 0 Å². The number of hydrogen-bond acceptors (Lipinski definition) is 6. The fourth-order valence-electron chi connectivity index (χ4n) is 2.72. The molecule has 1 N–H and O–H groups in total. The molecule has 0 aliphatic heterocycles. The topological polar surface area (TPSA) is 81.9 Å². The minimum absolute atomic E-state index is 0.0234. The van der Waals surface area contributed by atoms with Crippen molar-refractivity contribution >= 4 is 29.5 Å². The van der Waals surface area contributed by atoms with E-state index in [2.05, 4.69) is 25.1 Å². The lowest BCUT2D eigenvalue weighted by molar-refractivity contribution is -0.141. The van der Waals surface area contributed by atoms with E-state index in [1.807, 2.05) is 0 Å². The summed E-state index contributed by atoms with van der Waals surface area (Å²) in [4.78, 5) is 19.2. The summed E-state index contributed by atoms with van der Waals surface area (Å²) < 4.78 is 58.8. The van der Waals surface area contributed by atoms with Crippen LogP contribution in [-0.2, 0) is 22.3 Å². The number of aromatic nitrogens is 4. The van der Waals surface area contributed by atoms with Crippen LogP contribution in [0.5, 0.6) is 0 Å². The van der Waals surface area contributed by atoms with Crippen molar-refractivity contribution in [1.29, 1.82) is 0 Å². The number of rotatable bonds is 6. The second kappa shape index (κ2) is 9.35. The van der Waals surface area contributed by atoms with Crippen LogP contribution in [-0.4, -0.2) is 32.8 Å². The van der Waals surface area contributed by atoms with Crippen molar-refractivity contribution in [3.63, 3.8) is 0 Å². The van der Waals surface area contributed by atoms with Gasteiger partial charge >= 0.3 is 12.1 Å². The van der Waals surface area contributed by atoms with E-state index >= 15 is 0 Å². The third kappa shape index (κ3) is 5.41. The van der Waals surface area contributed by atoms with E-state index in [0.29, 0.717) is 5.56 Å². The fourth-order valence-corrected chi connectivity index (χ4v) is 2.86. The Hall–Kier alpha value is -3.47. The maximum Gasteiger partial charge on any atom is 0.435 e. The summed E-state index contributed by atoms with van der Waals surface area (Å²) in [5, 5.41) is 6.35. The number of anilines is 1. The number of ether oxygens (including phenoxy) is 1. The summed E-state index contributed by atoms with van der Waals surface area (Å²) in [6.45, 7) is 1.42. The molecule has 32 heavy (non-hydrogen) atoms. The first-order valence-electron chi connectivity index (χ1n) is 9.03. The minimum atomic E-state index is -4.60. The van der Waals surface area contributed by atoms with Gasteiger partial charge in [0.1, 0.15) is 11.6 Å². The van der Waals surface area contributed by atoms with Crippen molar-refractivity contribution in [1.82, 2.24) is 19.7 Å². The molecule has 2 aromatic heterocycles. The first-order valence-corrected chi connectivity index (χ1v) is 9.41. The Morgan fingerprint density at radius 1 is 1.31 bits per heavy atom. The van der Waals surface area contributed by atoms with Gasteiger partial charge in [0.15, 0.2) is 5.69 Å². The average Bonchev–Trinajstić information content (AvgIpc) is 3.14. The standard InChI is InChI=1S/C20H16ClF4N5O2/c1-11-7-16(20(23,24)25)29-30(11)14-5-3-12(15(22)8-14)9-26-18-13(4-6-17(31)32-2)10-27-19(21)28-18/h3-8,10H,9H2,1-2H3,(H,26,27,28)/b6-4+. The zero-order valence-electron chi connectivity index (χ0n) is 16.7. The zero-order valence-corrected chi connectivity index (χ0v) is 17.5. The van der Waals surface area contributed by atoms with Gasteiger partial charge in [-0.25, -0.2) is 23.8 Å². The molecule has 0 spiro atoms. The Balaban J connectivity index is 1.81. The number of methoxy groups -OCH3 is 1. The molecule has 3 aromatic rings. The van der Waals surface area contributed by atoms with Crippen molar-refractivity contribution in [3.8, 4) is 5.69 Å². The van der Waals surface area contributed by atoms with Gasteiger partial charge in [0, 0.05) is 35.6 Å². The Morgan fingerprint density at radius 2 is 2.06 bits per heavy atom. The average molecular weight is 470 g/mol. The fraction of sp³-hybridized carbons (Fsp3) is 0.200. The molecule has 2 heterocycles. The molecule has 7 nitrogen and oxygen atoms in total. The molecule has 0 unspecified atom stereocenters. The normalized spacial score (nSPS) is 11.7. The maximum atomic E-state index is 14.7. The van der Waals surface area contributed by atoms with Gasteiger partial charge in [-0.2, -0.15) is 18.3 Å². The molecule has 0 saturated heterocycles. The van der Waals surface area contributed by atoms with E-state index in [0.717, 1.165) is 22.9 Å². The lowest BCUT2D eigenvalue weighted by Gasteiger charge is -2.11. The minimum Gasteiger partial charge on any atom is -0.466 e. The highest BCUT2D eigenvalue weighted by molar-refractivity contribution is 6.28. The van der Waals surface area contributed by atoms with Crippen molar-refractivity contribution in [3.05, 3.63) is 70.2 Å². The van der Waals surface area contributed by atoms with Gasteiger partial charge in [-0.3, -0.25) is 0 Å². The third-order valence-corrected chi connectivity index (χ3v) is 4.48. The number of carbonyl (C=O) groups is 1. The molecule has 1 aromatic carbocycles. The smallest absolute Gasteiger partial charge is 0.435 e. The Morgan fingerprint density at radius 3 is 2.69 bits per heavy atom. The quantitative estimate of drug-likeness (QED) is 0.246. The number of aryl methyl sites for hydroxylation is 1. The number of esters is 1. The highest BCUT2D eigenvalue weighted by atomic mass is 35.5. The number of halogens is 5. The number of alkyl halides is 3. The molecule has 12 heteroatoms. The molecule has 168 valence electrons. The highest BCUT2D eigenvalue weighted by Crippen LogP contribution is 2.29. The summed E-state index contributed by atoms with van der Waals surface area (Å²) in [6, 6.07) is 4.84. The molecule has 0 radical (unpaired) electrons. The molecular weight excluding hydrogens is 454 g/mol. The number of benzene rings is 1. The third-order valence-electron chi connectivity index (χ3n) is 4.29. The summed E-state index contributed by atoms with van der Waals surface area (Å²) in [6.07, 6.45) is -0.663. The lowest BCUT2D eigenvalue weighted by Crippen LogP contribution is -2.09. The first kappa shape index (κ1) is 23.2. The number of hydrogen-bond donors (Lipinski definition) is 1. The van der Waals surface area contributed by atoms with E-state index < -0.39 is 23.7 Å². The van der Waals surface area contributed by atoms with E-state index in [4.69, 9.17) is 11.6 Å². The van der Waals surface area contributed by atoms with E-state index in [9.17, 15) is 22.4 Å². The van der Waals surface area contributed by atoms with Gasteiger partial charge in [0.25, 0.3) is 0 Å². The van der Waals surface area contributed by atoms with Crippen LogP contribution in [0.25, 0.3) is 11.8 Å². The summed E-state index contributed by atoms with van der Waals surface area (Å²) in [7, 11) is 1.23. The van der Waals surface area contributed by atoms with E-state index in [-0.39, 0.29) is 34.6 Å². The van der Waals surface area contributed by atoms with Gasteiger partial charge in [0.05, 0.1) is 12.8 Å². The zero-order chi connectivity index (χ0) is 23.5. The van der Waals surface area contributed by atoms with Crippen molar-refractivity contribution < 1.29 is 27.1 Å². The van der Waals surface area contributed by atoms with Gasteiger partial charge < -0.3 is 10.1 Å².